The van der Waals surface area contributed by atoms with Crippen LogP contribution in [0.15, 0.2) is 56.4 Å². The third-order valence-electron chi connectivity index (χ3n) is 4.29. The minimum atomic E-state index is -0.207. The topological polar surface area (TPSA) is 50.5 Å². The Hall–Kier alpha value is -2.40. The van der Waals surface area contributed by atoms with Crippen molar-refractivity contribution in [2.75, 3.05) is 6.54 Å². The average Bonchev–Trinajstić information content (AvgIpc) is 3.25. The average molecular weight is 325 g/mol. The van der Waals surface area contributed by atoms with Gasteiger partial charge in [-0.25, -0.2) is 0 Å². The first-order chi connectivity index (χ1) is 11.2. The molecular formula is C18H15NO3S. The molecule has 0 bridgehead atoms. The summed E-state index contributed by atoms with van der Waals surface area (Å²) in [5, 5.41) is 4.60. The molecule has 1 saturated heterocycles. The van der Waals surface area contributed by atoms with Crippen LogP contribution in [0.1, 0.15) is 35.0 Å². The summed E-state index contributed by atoms with van der Waals surface area (Å²) in [6, 6.07) is 10.4. The molecule has 1 aliphatic rings. The van der Waals surface area contributed by atoms with Gasteiger partial charge in [-0.3, -0.25) is 9.59 Å². The number of thiophene rings is 1. The van der Waals surface area contributed by atoms with E-state index in [1.807, 2.05) is 10.3 Å². The van der Waals surface area contributed by atoms with Crippen molar-refractivity contribution in [3.05, 3.63) is 68.7 Å². The van der Waals surface area contributed by atoms with Crippen LogP contribution >= 0.6 is 11.3 Å². The lowest BCUT2D eigenvalue weighted by atomic mass is 10.1. The zero-order valence-electron chi connectivity index (χ0n) is 12.4. The molecule has 3 heterocycles. The van der Waals surface area contributed by atoms with Gasteiger partial charge < -0.3 is 9.32 Å². The van der Waals surface area contributed by atoms with Crippen LogP contribution < -0.4 is 5.43 Å². The summed E-state index contributed by atoms with van der Waals surface area (Å²) >= 11 is 1.63. The number of carbonyl (C=O) groups excluding carboxylic acids is 1. The molecule has 0 aliphatic carbocycles. The van der Waals surface area contributed by atoms with Gasteiger partial charge in [-0.2, -0.15) is 11.3 Å². The fraction of sp³-hybridized carbons (Fsp3) is 0.222. The SMILES string of the molecule is O=C(c1cc(=O)c2ccccc2o1)N1CCC[C@@H]1c1ccsc1. The van der Waals surface area contributed by atoms with Crippen molar-refractivity contribution < 1.29 is 9.21 Å². The van der Waals surface area contributed by atoms with Gasteiger partial charge in [-0.05, 0) is 47.4 Å². The van der Waals surface area contributed by atoms with Crippen LogP contribution in [0.25, 0.3) is 11.0 Å². The number of likely N-dealkylation sites (tertiary alicyclic amines) is 1. The fourth-order valence-electron chi connectivity index (χ4n) is 3.17. The van der Waals surface area contributed by atoms with E-state index in [2.05, 4.69) is 11.4 Å². The molecule has 0 N–H and O–H groups in total. The predicted molar refractivity (Wildman–Crippen MR) is 89.8 cm³/mol. The highest BCUT2D eigenvalue weighted by molar-refractivity contribution is 7.08. The van der Waals surface area contributed by atoms with E-state index in [1.54, 1.807) is 35.6 Å². The Morgan fingerprint density at radius 3 is 2.96 bits per heavy atom. The van der Waals surface area contributed by atoms with E-state index in [9.17, 15) is 9.59 Å². The van der Waals surface area contributed by atoms with Crippen molar-refractivity contribution >= 4 is 28.2 Å². The van der Waals surface area contributed by atoms with E-state index in [0.717, 1.165) is 18.4 Å². The Morgan fingerprint density at radius 2 is 2.13 bits per heavy atom. The monoisotopic (exact) mass is 325 g/mol. The quantitative estimate of drug-likeness (QED) is 0.719. The summed E-state index contributed by atoms with van der Waals surface area (Å²) in [6.45, 7) is 0.690. The van der Waals surface area contributed by atoms with E-state index in [-0.39, 0.29) is 23.1 Å². The van der Waals surface area contributed by atoms with Gasteiger partial charge in [0.05, 0.1) is 11.4 Å². The van der Waals surface area contributed by atoms with Crippen molar-refractivity contribution in [3.8, 4) is 0 Å². The summed E-state index contributed by atoms with van der Waals surface area (Å²) in [5.74, 6) is -0.0858. The molecule has 1 aliphatic heterocycles. The Labute approximate surface area is 137 Å². The molecule has 1 aromatic carbocycles. The second-order valence-electron chi connectivity index (χ2n) is 5.68. The third-order valence-corrected chi connectivity index (χ3v) is 4.99. The number of fused-ring (bicyclic) bond motifs is 1. The van der Waals surface area contributed by atoms with E-state index < -0.39 is 0 Å². The standard InChI is InChI=1S/C18H15NO3S/c20-15-10-17(22-16-6-2-1-4-13(15)16)18(21)19-8-3-5-14(19)12-7-9-23-11-12/h1-2,4,6-7,9-11,14H,3,5,8H2/t14-/m1/s1. The number of nitrogens with zero attached hydrogens (tertiary/aromatic N) is 1. The lowest BCUT2D eigenvalue weighted by Crippen LogP contribution is -2.31. The number of rotatable bonds is 2. The first-order valence-corrected chi connectivity index (χ1v) is 8.54. The zero-order chi connectivity index (χ0) is 15.8. The molecule has 4 nitrogen and oxygen atoms in total. The van der Waals surface area contributed by atoms with Crippen LogP contribution in [0.4, 0.5) is 0 Å². The minimum Gasteiger partial charge on any atom is -0.451 e. The van der Waals surface area contributed by atoms with Crippen molar-refractivity contribution in [2.24, 2.45) is 0 Å². The van der Waals surface area contributed by atoms with Gasteiger partial charge >= 0.3 is 0 Å². The van der Waals surface area contributed by atoms with Gasteiger partial charge in [0, 0.05) is 12.6 Å². The largest absolute Gasteiger partial charge is 0.451 e. The van der Waals surface area contributed by atoms with E-state index >= 15 is 0 Å². The maximum atomic E-state index is 12.8. The Morgan fingerprint density at radius 1 is 1.26 bits per heavy atom. The molecule has 1 atom stereocenters. The number of benzene rings is 1. The molecule has 23 heavy (non-hydrogen) atoms. The third kappa shape index (κ3) is 2.47. The van der Waals surface area contributed by atoms with Crippen molar-refractivity contribution in [1.29, 1.82) is 0 Å². The van der Waals surface area contributed by atoms with Crippen LogP contribution in [0.2, 0.25) is 0 Å². The lowest BCUT2D eigenvalue weighted by molar-refractivity contribution is 0.0704. The van der Waals surface area contributed by atoms with Gasteiger partial charge in [0.15, 0.2) is 11.2 Å². The van der Waals surface area contributed by atoms with Gasteiger partial charge in [0.25, 0.3) is 5.91 Å². The summed E-state index contributed by atoms with van der Waals surface area (Å²) in [4.78, 5) is 26.9. The molecule has 0 unspecified atom stereocenters. The highest BCUT2D eigenvalue weighted by atomic mass is 32.1. The molecule has 0 spiro atoms. The molecule has 0 radical (unpaired) electrons. The smallest absolute Gasteiger partial charge is 0.290 e. The lowest BCUT2D eigenvalue weighted by Gasteiger charge is -2.23. The van der Waals surface area contributed by atoms with E-state index in [4.69, 9.17) is 4.42 Å². The molecule has 5 heteroatoms. The van der Waals surface area contributed by atoms with E-state index in [0.29, 0.717) is 17.5 Å². The van der Waals surface area contributed by atoms with Gasteiger partial charge in [0.2, 0.25) is 0 Å². The van der Waals surface area contributed by atoms with Crippen LogP contribution in [-0.2, 0) is 0 Å². The Bertz CT molecular complexity index is 913. The van der Waals surface area contributed by atoms with Crippen LogP contribution in [0.3, 0.4) is 0 Å². The number of hydrogen-bond acceptors (Lipinski definition) is 4. The molecule has 0 saturated carbocycles. The van der Waals surface area contributed by atoms with Gasteiger partial charge in [-0.1, -0.05) is 12.1 Å². The molecule has 2 aromatic heterocycles. The first kappa shape index (κ1) is 14.2. The summed E-state index contributed by atoms with van der Waals surface area (Å²) in [5.41, 5.74) is 1.43. The number of para-hydroxylation sites is 1. The predicted octanol–water partition coefficient (Wildman–Crippen LogP) is 3.83. The molecule has 1 fully saturated rings. The molecule has 4 rings (SSSR count). The normalized spacial score (nSPS) is 17.7. The number of hydrogen-bond donors (Lipinski definition) is 0. The van der Waals surface area contributed by atoms with Crippen LogP contribution in [0, 0.1) is 0 Å². The number of carbonyl (C=O) groups is 1. The second kappa shape index (κ2) is 5.66. The zero-order valence-corrected chi connectivity index (χ0v) is 13.2. The van der Waals surface area contributed by atoms with Crippen molar-refractivity contribution in [1.82, 2.24) is 4.90 Å². The molecule has 116 valence electrons. The van der Waals surface area contributed by atoms with Crippen LogP contribution in [-0.4, -0.2) is 17.4 Å². The highest BCUT2D eigenvalue weighted by Crippen LogP contribution is 2.34. The molecule has 1 amide bonds. The summed E-state index contributed by atoms with van der Waals surface area (Å²) in [7, 11) is 0. The van der Waals surface area contributed by atoms with Crippen molar-refractivity contribution in [2.45, 2.75) is 18.9 Å². The maximum absolute atomic E-state index is 12.8. The molecule has 3 aromatic rings. The maximum Gasteiger partial charge on any atom is 0.290 e. The number of amides is 1. The Balaban J connectivity index is 1.73. The minimum absolute atomic E-state index is 0.0746. The van der Waals surface area contributed by atoms with Gasteiger partial charge in [-0.15, -0.1) is 0 Å². The molecular weight excluding hydrogens is 310 g/mol. The fourth-order valence-corrected chi connectivity index (χ4v) is 3.88. The first-order valence-electron chi connectivity index (χ1n) is 7.60. The van der Waals surface area contributed by atoms with Crippen molar-refractivity contribution in [3.63, 3.8) is 0 Å². The summed E-state index contributed by atoms with van der Waals surface area (Å²) in [6.07, 6.45) is 1.91. The van der Waals surface area contributed by atoms with Crippen LogP contribution in [0.5, 0.6) is 0 Å². The highest BCUT2D eigenvalue weighted by Gasteiger charge is 2.32. The summed E-state index contributed by atoms with van der Waals surface area (Å²) < 4.78 is 5.69. The Kier molecular flexibility index (Phi) is 3.50. The second-order valence-corrected chi connectivity index (χ2v) is 6.46. The van der Waals surface area contributed by atoms with Gasteiger partial charge in [0.1, 0.15) is 5.58 Å². The van der Waals surface area contributed by atoms with E-state index in [1.165, 1.54) is 6.07 Å².